The van der Waals surface area contributed by atoms with E-state index in [1.54, 1.807) is 17.5 Å². The van der Waals surface area contributed by atoms with Crippen LogP contribution in [0.3, 0.4) is 0 Å². The predicted octanol–water partition coefficient (Wildman–Crippen LogP) is 1.42. The summed E-state index contributed by atoms with van der Waals surface area (Å²) in [4.78, 5) is 36.3. The zero-order chi connectivity index (χ0) is 20.0. The molecule has 0 aliphatic carbocycles. The maximum absolute atomic E-state index is 12.1. The molecule has 1 aromatic heterocycles. The molecule has 1 aromatic carbocycles. The maximum atomic E-state index is 12.1. The van der Waals surface area contributed by atoms with Crippen molar-refractivity contribution in [1.82, 2.24) is 15.2 Å². The zero-order valence-corrected chi connectivity index (χ0v) is 16.4. The summed E-state index contributed by atoms with van der Waals surface area (Å²) in [5, 5.41) is 1.78. The second kappa shape index (κ2) is 8.89. The Bertz CT molecular complexity index is 937. The first-order valence-electron chi connectivity index (χ1n) is 7.90. The minimum absolute atomic E-state index is 0.0266. The third-order valence-electron chi connectivity index (χ3n) is 3.57. The van der Waals surface area contributed by atoms with Gasteiger partial charge in [0.2, 0.25) is 15.9 Å². The van der Waals surface area contributed by atoms with Crippen LogP contribution in [-0.4, -0.2) is 44.4 Å². The van der Waals surface area contributed by atoms with Crippen molar-refractivity contribution in [2.45, 2.75) is 17.7 Å². The summed E-state index contributed by atoms with van der Waals surface area (Å²) >= 11 is 1.30. The highest BCUT2D eigenvalue weighted by Crippen LogP contribution is 2.15. The Labute approximate surface area is 161 Å². The number of ketones is 1. The first kappa shape index (κ1) is 20.7. The fraction of sp³-hybridized carbons (Fsp3) is 0.235. The molecule has 2 N–H and O–H groups in total. The van der Waals surface area contributed by atoms with Crippen LogP contribution in [0.1, 0.15) is 32.9 Å². The summed E-state index contributed by atoms with van der Waals surface area (Å²) in [7, 11) is -0.897. The van der Waals surface area contributed by atoms with Gasteiger partial charge in [-0.05, 0) is 29.6 Å². The molecule has 1 heterocycles. The Morgan fingerprint density at radius 1 is 1.04 bits per heavy atom. The molecule has 2 amide bonds. The lowest BCUT2D eigenvalue weighted by Gasteiger charge is -2.12. The lowest BCUT2D eigenvalue weighted by atomic mass is 10.2. The van der Waals surface area contributed by atoms with Crippen molar-refractivity contribution in [3.05, 3.63) is 52.2 Å². The van der Waals surface area contributed by atoms with Crippen LogP contribution in [0.15, 0.2) is 46.7 Å². The van der Waals surface area contributed by atoms with E-state index in [0.29, 0.717) is 4.88 Å². The van der Waals surface area contributed by atoms with Gasteiger partial charge in [0, 0.05) is 32.5 Å². The van der Waals surface area contributed by atoms with Crippen molar-refractivity contribution >= 4 is 39.0 Å². The molecule has 0 aliphatic heterocycles. The van der Waals surface area contributed by atoms with E-state index in [-0.39, 0.29) is 29.1 Å². The van der Waals surface area contributed by atoms with Crippen molar-refractivity contribution in [2.75, 3.05) is 14.1 Å². The molecule has 0 radical (unpaired) electrons. The summed E-state index contributed by atoms with van der Waals surface area (Å²) < 4.78 is 25.3. The van der Waals surface area contributed by atoms with Gasteiger partial charge < -0.3 is 0 Å². The summed E-state index contributed by atoms with van der Waals surface area (Å²) in [5.41, 5.74) is 4.50. The van der Waals surface area contributed by atoms with Crippen LogP contribution in [0.5, 0.6) is 0 Å². The minimum atomic E-state index is -3.67. The summed E-state index contributed by atoms with van der Waals surface area (Å²) in [6.07, 6.45) is -0.0508. The Morgan fingerprint density at radius 3 is 2.41 bits per heavy atom. The molecule has 2 aromatic rings. The zero-order valence-electron chi connectivity index (χ0n) is 14.8. The maximum Gasteiger partial charge on any atom is 0.269 e. The number of nitrogens with zero attached hydrogens (tertiary/aromatic N) is 1. The van der Waals surface area contributed by atoms with Crippen LogP contribution in [0.2, 0.25) is 0 Å². The summed E-state index contributed by atoms with van der Waals surface area (Å²) in [5.74, 6) is -1.33. The summed E-state index contributed by atoms with van der Waals surface area (Å²) in [6.45, 7) is 0. The van der Waals surface area contributed by atoms with Crippen molar-refractivity contribution in [3.8, 4) is 0 Å². The van der Waals surface area contributed by atoms with E-state index in [1.807, 2.05) is 0 Å². The topological polar surface area (TPSA) is 113 Å². The largest absolute Gasteiger partial charge is 0.293 e. The predicted molar refractivity (Wildman–Crippen MR) is 101 cm³/mol. The van der Waals surface area contributed by atoms with Crippen LogP contribution in [0.25, 0.3) is 0 Å². The van der Waals surface area contributed by atoms with Crippen molar-refractivity contribution in [1.29, 1.82) is 0 Å². The number of rotatable bonds is 7. The standard InChI is InChI=1S/C17H19N3O5S2/c1-20(2)27(24,25)13-6-3-5-12(11-13)17(23)19-18-16(22)9-8-14(21)15-7-4-10-26-15/h3-7,10-11H,8-9H2,1-2H3,(H,18,22)(H,19,23). The average molecular weight is 409 g/mol. The van der Waals surface area contributed by atoms with E-state index in [9.17, 15) is 22.8 Å². The molecule has 2 rings (SSSR count). The number of carbonyl (C=O) groups excluding carboxylic acids is 3. The van der Waals surface area contributed by atoms with Crippen molar-refractivity contribution in [3.63, 3.8) is 0 Å². The first-order valence-corrected chi connectivity index (χ1v) is 10.2. The van der Waals surface area contributed by atoms with Gasteiger partial charge in [-0.3, -0.25) is 25.2 Å². The van der Waals surface area contributed by atoms with E-state index >= 15 is 0 Å². The van der Waals surface area contributed by atoms with Gasteiger partial charge in [-0.2, -0.15) is 0 Å². The van der Waals surface area contributed by atoms with E-state index in [0.717, 1.165) is 4.31 Å². The van der Waals surface area contributed by atoms with Gasteiger partial charge in [-0.15, -0.1) is 11.3 Å². The Morgan fingerprint density at radius 2 is 1.78 bits per heavy atom. The summed E-state index contributed by atoms with van der Waals surface area (Å²) in [6, 6.07) is 8.89. The number of sulfonamides is 1. The number of carbonyl (C=O) groups is 3. The number of thiophene rings is 1. The Hall–Kier alpha value is -2.56. The molecule has 27 heavy (non-hydrogen) atoms. The Balaban J connectivity index is 1.90. The normalized spacial score (nSPS) is 11.2. The van der Waals surface area contributed by atoms with E-state index in [4.69, 9.17) is 0 Å². The van der Waals surface area contributed by atoms with Gasteiger partial charge in [0.15, 0.2) is 5.78 Å². The molecule has 0 aliphatic rings. The smallest absolute Gasteiger partial charge is 0.269 e. The number of benzene rings is 1. The van der Waals surface area contributed by atoms with Gasteiger partial charge in [0.1, 0.15) is 0 Å². The van der Waals surface area contributed by atoms with E-state index in [2.05, 4.69) is 10.9 Å². The number of nitrogens with one attached hydrogen (secondary N) is 2. The van der Waals surface area contributed by atoms with Gasteiger partial charge in [0.05, 0.1) is 9.77 Å². The van der Waals surface area contributed by atoms with Crippen LogP contribution in [0, 0.1) is 0 Å². The molecule has 0 saturated heterocycles. The van der Waals surface area contributed by atoms with Gasteiger partial charge >= 0.3 is 0 Å². The minimum Gasteiger partial charge on any atom is -0.293 e. The third kappa shape index (κ3) is 5.46. The molecule has 0 unspecified atom stereocenters. The van der Waals surface area contributed by atoms with Crippen molar-refractivity contribution < 1.29 is 22.8 Å². The highest BCUT2D eigenvalue weighted by atomic mass is 32.2. The van der Waals surface area contributed by atoms with Crippen molar-refractivity contribution in [2.24, 2.45) is 0 Å². The first-order chi connectivity index (χ1) is 12.7. The van der Waals surface area contributed by atoms with Gasteiger partial charge in [-0.1, -0.05) is 12.1 Å². The third-order valence-corrected chi connectivity index (χ3v) is 6.29. The molecule has 0 spiro atoms. The molecule has 8 nitrogen and oxygen atoms in total. The lowest BCUT2D eigenvalue weighted by Crippen LogP contribution is -2.41. The molecular weight excluding hydrogens is 390 g/mol. The van der Waals surface area contributed by atoms with Crippen LogP contribution < -0.4 is 10.9 Å². The highest BCUT2D eigenvalue weighted by Gasteiger charge is 2.19. The molecule has 0 bridgehead atoms. The number of hydrazine groups is 1. The monoisotopic (exact) mass is 409 g/mol. The molecule has 144 valence electrons. The molecule has 10 heteroatoms. The average Bonchev–Trinajstić information content (AvgIpc) is 3.19. The Kier molecular flexibility index (Phi) is 6.83. The fourth-order valence-corrected chi connectivity index (χ4v) is 3.70. The molecule has 0 saturated carbocycles. The van der Waals surface area contributed by atoms with E-state index in [1.165, 1.54) is 49.7 Å². The van der Waals surface area contributed by atoms with Crippen LogP contribution in [-0.2, 0) is 14.8 Å². The highest BCUT2D eigenvalue weighted by molar-refractivity contribution is 7.89. The van der Waals surface area contributed by atoms with Gasteiger partial charge in [0.25, 0.3) is 5.91 Å². The van der Waals surface area contributed by atoms with E-state index < -0.39 is 21.8 Å². The second-order valence-electron chi connectivity index (χ2n) is 5.72. The molecule has 0 fully saturated rings. The fourth-order valence-electron chi connectivity index (χ4n) is 2.06. The van der Waals surface area contributed by atoms with Gasteiger partial charge in [-0.25, -0.2) is 12.7 Å². The van der Waals surface area contributed by atoms with Crippen LogP contribution >= 0.6 is 11.3 Å². The SMILES string of the molecule is CN(C)S(=O)(=O)c1cccc(C(=O)NNC(=O)CCC(=O)c2cccs2)c1. The lowest BCUT2D eigenvalue weighted by molar-refractivity contribution is -0.121. The second-order valence-corrected chi connectivity index (χ2v) is 8.82. The van der Waals surface area contributed by atoms with Crippen LogP contribution in [0.4, 0.5) is 0 Å². The number of Topliss-reactive ketones (excluding diaryl/α,β-unsaturated/α-hetero) is 1. The molecule has 0 atom stereocenters. The molecular formula is C17H19N3O5S2. The number of amides is 2. The number of hydrogen-bond acceptors (Lipinski definition) is 6. The quantitative estimate of drug-likeness (QED) is 0.531. The number of hydrogen-bond donors (Lipinski definition) is 2.